The van der Waals surface area contributed by atoms with E-state index in [4.69, 9.17) is 39.5 Å². The predicted molar refractivity (Wildman–Crippen MR) is 113 cm³/mol. The summed E-state index contributed by atoms with van der Waals surface area (Å²) >= 11 is 17.9. The number of methoxy groups -OCH3 is 1. The molecule has 0 saturated carbocycles. The summed E-state index contributed by atoms with van der Waals surface area (Å²) in [4.78, 5) is 25.5. The van der Waals surface area contributed by atoms with E-state index >= 15 is 0 Å². The van der Waals surface area contributed by atoms with E-state index in [1.165, 1.54) is 12.1 Å². The van der Waals surface area contributed by atoms with Crippen LogP contribution in [0.1, 0.15) is 6.92 Å². The number of carbonyl (C=O) groups is 2. The summed E-state index contributed by atoms with van der Waals surface area (Å²) in [7, 11) is 3.33. The van der Waals surface area contributed by atoms with Gasteiger partial charge >= 0.3 is 0 Å². The van der Waals surface area contributed by atoms with Crippen LogP contribution in [0.3, 0.4) is 0 Å². The molecule has 0 radical (unpaired) electrons. The highest BCUT2D eigenvalue weighted by atomic mass is 35.5. The molecular weight excluding hydrogens is 425 g/mol. The first-order valence-corrected chi connectivity index (χ1v) is 9.56. The van der Waals surface area contributed by atoms with Crippen LogP contribution >= 0.6 is 34.8 Å². The zero-order chi connectivity index (χ0) is 20.8. The first-order valence-electron chi connectivity index (χ1n) is 8.43. The maximum atomic E-state index is 12.5. The van der Waals surface area contributed by atoms with Gasteiger partial charge in [-0.1, -0.05) is 34.8 Å². The van der Waals surface area contributed by atoms with E-state index in [-0.39, 0.29) is 28.4 Å². The summed E-state index contributed by atoms with van der Waals surface area (Å²) in [5.41, 5.74) is 1.02. The summed E-state index contributed by atoms with van der Waals surface area (Å²) in [6.07, 6.45) is 0. The molecule has 0 aliphatic heterocycles. The number of hydrogen-bond donors (Lipinski definition) is 3. The van der Waals surface area contributed by atoms with Crippen LogP contribution in [-0.4, -0.2) is 38.6 Å². The number of quaternary nitrogens is 1. The molecule has 0 aliphatic rings. The number of benzene rings is 2. The Hall–Kier alpha value is -1.99. The third-order valence-electron chi connectivity index (χ3n) is 4.21. The highest BCUT2D eigenvalue weighted by molar-refractivity contribution is 6.44. The largest absolute Gasteiger partial charge is 0.497 e. The smallest absolute Gasteiger partial charge is 0.282 e. The standard InChI is InChI=1S/C19H20Cl3N3O3/c1-11(19(27)24-17-9-15(21)14(20)8-16(17)22)25(2)10-18(26)23-12-4-6-13(28-3)7-5-12/h4-9,11H,10H2,1-3H3,(H,23,26)(H,24,27)/p+1/t11-/m1/s1. The molecule has 0 heterocycles. The number of likely N-dealkylation sites (N-methyl/N-ethyl adjacent to an activating group) is 1. The molecule has 2 rings (SSSR count). The summed E-state index contributed by atoms with van der Waals surface area (Å²) < 4.78 is 5.08. The van der Waals surface area contributed by atoms with Crippen LogP contribution < -0.4 is 20.3 Å². The molecule has 1 unspecified atom stereocenters. The first-order chi connectivity index (χ1) is 13.2. The van der Waals surface area contributed by atoms with Crippen molar-refractivity contribution in [2.45, 2.75) is 13.0 Å². The number of ether oxygens (including phenoxy) is 1. The molecule has 2 aromatic rings. The van der Waals surface area contributed by atoms with Crippen LogP contribution in [-0.2, 0) is 9.59 Å². The number of hydrogen-bond acceptors (Lipinski definition) is 3. The Morgan fingerprint density at radius 1 is 1.04 bits per heavy atom. The van der Waals surface area contributed by atoms with E-state index in [1.807, 2.05) is 0 Å². The maximum absolute atomic E-state index is 12.5. The second kappa shape index (κ2) is 9.98. The molecule has 3 N–H and O–H groups in total. The molecule has 150 valence electrons. The van der Waals surface area contributed by atoms with Crippen molar-refractivity contribution < 1.29 is 19.2 Å². The number of nitrogens with one attached hydrogen (secondary N) is 3. The lowest BCUT2D eigenvalue weighted by atomic mass is 10.2. The molecule has 0 saturated heterocycles. The Balaban J connectivity index is 1.93. The number of carbonyl (C=O) groups excluding carboxylic acids is 2. The minimum absolute atomic E-state index is 0.107. The van der Waals surface area contributed by atoms with Gasteiger partial charge in [0.15, 0.2) is 12.6 Å². The minimum Gasteiger partial charge on any atom is -0.497 e. The molecule has 0 spiro atoms. The molecule has 2 amide bonds. The zero-order valence-electron chi connectivity index (χ0n) is 15.6. The molecule has 0 aromatic heterocycles. The molecule has 0 bridgehead atoms. The van der Waals surface area contributed by atoms with E-state index in [2.05, 4.69) is 10.6 Å². The van der Waals surface area contributed by atoms with Crippen molar-refractivity contribution in [2.75, 3.05) is 31.3 Å². The fourth-order valence-corrected chi connectivity index (χ4v) is 2.96. The Kier molecular flexibility index (Phi) is 7.95. The highest BCUT2D eigenvalue weighted by Gasteiger charge is 2.25. The molecule has 28 heavy (non-hydrogen) atoms. The normalized spacial score (nSPS) is 12.8. The first kappa shape index (κ1) is 22.3. The van der Waals surface area contributed by atoms with Crippen LogP contribution in [0, 0.1) is 0 Å². The SMILES string of the molecule is COc1ccc(NC(=O)C[NH+](C)[C@H](C)C(=O)Nc2cc(Cl)c(Cl)cc2Cl)cc1. The Bertz CT molecular complexity index is 859. The molecule has 0 fully saturated rings. The van der Waals surface area contributed by atoms with Gasteiger partial charge in [-0.15, -0.1) is 0 Å². The van der Waals surface area contributed by atoms with Crippen molar-refractivity contribution in [3.63, 3.8) is 0 Å². The summed E-state index contributed by atoms with van der Waals surface area (Å²) in [5.74, 6) is 0.192. The van der Waals surface area contributed by atoms with Gasteiger partial charge < -0.3 is 20.3 Å². The quantitative estimate of drug-likeness (QED) is 0.573. The average Bonchev–Trinajstić information content (AvgIpc) is 2.65. The third kappa shape index (κ3) is 6.01. The van der Waals surface area contributed by atoms with Gasteiger partial charge in [0, 0.05) is 5.69 Å². The number of halogens is 3. The van der Waals surface area contributed by atoms with Gasteiger partial charge in [-0.2, -0.15) is 0 Å². The van der Waals surface area contributed by atoms with Crippen molar-refractivity contribution in [3.05, 3.63) is 51.5 Å². The molecule has 9 heteroatoms. The Morgan fingerprint density at radius 3 is 2.25 bits per heavy atom. The van der Waals surface area contributed by atoms with Crippen molar-refractivity contribution in [1.82, 2.24) is 0 Å². The van der Waals surface area contributed by atoms with Crippen LogP contribution in [0.15, 0.2) is 36.4 Å². The van der Waals surface area contributed by atoms with Gasteiger partial charge in [0.05, 0.1) is 34.9 Å². The van der Waals surface area contributed by atoms with Gasteiger partial charge in [-0.25, -0.2) is 0 Å². The average molecular weight is 446 g/mol. The van der Waals surface area contributed by atoms with Gasteiger partial charge in [0.2, 0.25) is 0 Å². The molecular formula is C19H21Cl3N3O3+. The van der Waals surface area contributed by atoms with Gasteiger partial charge in [-0.05, 0) is 43.3 Å². The third-order valence-corrected chi connectivity index (χ3v) is 5.25. The summed E-state index contributed by atoms with van der Waals surface area (Å²) in [6, 6.07) is 9.44. The van der Waals surface area contributed by atoms with Crippen LogP contribution in [0.25, 0.3) is 0 Å². The Morgan fingerprint density at radius 2 is 1.64 bits per heavy atom. The summed E-state index contributed by atoms with van der Waals surface area (Å²) in [5, 5.41) is 6.37. The van der Waals surface area contributed by atoms with Crippen molar-refractivity contribution >= 4 is 58.0 Å². The highest BCUT2D eigenvalue weighted by Crippen LogP contribution is 2.32. The molecule has 6 nitrogen and oxygen atoms in total. The lowest BCUT2D eigenvalue weighted by Gasteiger charge is -2.21. The van der Waals surface area contributed by atoms with E-state index in [1.54, 1.807) is 45.3 Å². The van der Waals surface area contributed by atoms with E-state index in [9.17, 15) is 9.59 Å². The van der Waals surface area contributed by atoms with Gasteiger partial charge in [-0.3, -0.25) is 9.59 Å². The lowest BCUT2D eigenvalue weighted by Crippen LogP contribution is -3.14. The number of anilines is 2. The zero-order valence-corrected chi connectivity index (χ0v) is 17.9. The maximum Gasteiger partial charge on any atom is 0.282 e. The van der Waals surface area contributed by atoms with Crippen molar-refractivity contribution in [1.29, 1.82) is 0 Å². The van der Waals surface area contributed by atoms with Crippen molar-refractivity contribution in [3.8, 4) is 5.75 Å². The second-order valence-electron chi connectivity index (χ2n) is 6.26. The summed E-state index contributed by atoms with van der Waals surface area (Å²) in [6.45, 7) is 1.83. The second-order valence-corrected chi connectivity index (χ2v) is 7.48. The molecule has 2 aromatic carbocycles. The topological polar surface area (TPSA) is 71.9 Å². The minimum atomic E-state index is -0.507. The Labute approximate surface area is 178 Å². The van der Waals surface area contributed by atoms with E-state index in [0.717, 1.165) is 0 Å². The van der Waals surface area contributed by atoms with E-state index < -0.39 is 6.04 Å². The van der Waals surface area contributed by atoms with Crippen LogP contribution in [0.2, 0.25) is 15.1 Å². The van der Waals surface area contributed by atoms with Crippen molar-refractivity contribution in [2.24, 2.45) is 0 Å². The lowest BCUT2D eigenvalue weighted by molar-refractivity contribution is -0.885. The predicted octanol–water partition coefficient (Wildman–Crippen LogP) is 3.14. The number of amides is 2. The number of rotatable bonds is 7. The van der Waals surface area contributed by atoms with Gasteiger partial charge in [0.25, 0.3) is 11.8 Å². The molecule has 0 aliphatic carbocycles. The fourth-order valence-electron chi connectivity index (χ4n) is 2.37. The van der Waals surface area contributed by atoms with Crippen LogP contribution in [0.4, 0.5) is 11.4 Å². The fraction of sp³-hybridized carbons (Fsp3) is 0.263. The van der Waals surface area contributed by atoms with Gasteiger partial charge in [0.1, 0.15) is 5.75 Å². The monoisotopic (exact) mass is 444 g/mol. The molecule has 2 atom stereocenters. The van der Waals surface area contributed by atoms with Crippen LogP contribution in [0.5, 0.6) is 5.75 Å². The van der Waals surface area contributed by atoms with E-state index in [0.29, 0.717) is 27.0 Å².